The van der Waals surface area contributed by atoms with Crippen LogP contribution >= 0.6 is 22.9 Å². The Bertz CT molecular complexity index is 658. The van der Waals surface area contributed by atoms with Crippen LogP contribution in [-0.4, -0.2) is 4.98 Å². The van der Waals surface area contributed by atoms with Gasteiger partial charge in [0.05, 0.1) is 15.2 Å². The van der Waals surface area contributed by atoms with Crippen LogP contribution in [0.3, 0.4) is 0 Å². The zero-order valence-corrected chi connectivity index (χ0v) is 11.8. The molecule has 1 aromatic heterocycles. The Morgan fingerprint density at radius 1 is 1.11 bits per heavy atom. The van der Waals surface area contributed by atoms with Crippen molar-refractivity contribution in [1.82, 2.24) is 4.98 Å². The Morgan fingerprint density at radius 2 is 1.84 bits per heavy atom. The first-order chi connectivity index (χ1) is 9.22. The fraction of sp³-hybridized carbons (Fsp3) is 0.133. The Labute approximate surface area is 120 Å². The molecule has 0 aliphatic carbocycles. The van der Waals surface area contributed by atoms with E-state index in [2.05, 4.69) is 11.1 Å². The van der Waals surface area contributed by atoms with Gasteiger partial charge < -0.3 is 5.73 Å². The third-order valence-corrected chi connectivity index (χ3v) is 4.34. The number of fused-ring (bicyclic) bond motifs is 1. The lowest BCUT2D eigenvalue weighted by Crippen LogP contribution is -2.12. The highest BCUT2D eigenvalue weighted by atomic mass is 35.5. The SMILES string of the molecule is NC(Cc1nc2ccccc2s1)c1ccc(Cl)cc1. The summed E-state index contributed by atoms with van der Waals surface area (Å²) in [7, 11) is 0. The topological polar surface area (TPSA) is 38.9 Å². The van der Waals surface area contributed by atoms with Crippen LogP contribution < -0.4 is 5.73 Å². The van der Waals surface area contributed by atoms with E-state index < -0.39 is 0 Å². The summed E-state index contributed by atoms with van der Waals surface area (Å²) in [6.07, 6.45) is 0.751. The van der Waals surface area contributed by atoms with E-state index in [4.69, 9.17) is 17.3 Å². The largest absolute Gasteiger partial charge is 0.324 e. The standard InChI is InChI=1S/C15H13ClN2S/c16-11-7-5-10(6-8-11)12(17)9-15-18-13-3-1-2-4-14(13)19-15/h1-8,12H,9,17H2. The van der Waals surface area contributed by atoms with Crippen molar-refractivity contribution < 1.29 is 0 Å². The minimum absolute atomic E-state index is 0.0437. The lowest BCUT2D eigenvalue weighted by atomic mass is 10.1. The molecular formula is C15H13ClN2S. The maximum absolute atomic E-state index is 6.22. The highest BCUT2D eigenvalue weighted by Gasteiger charge is 2.10. The summed E-state index contributed by atoms with van der Waals surface area (Å²) in [5.41, 5.74) is 8.36. The molecule has 0 bridgehead atoms. The zero-order chi connectivity index (χ0) is 13.2. The predicted molar refractivity (Wildman–Crippen MR) is 81.7 cm³/mol. The average Bonchev–Trinajstić information content (AvgIpc) is 2.81. The molecule has 2 aromatic carbocycles. The molecular weight excluding hydrogens is 276 g/mol. The molecule has 3 aromatic rings. The van der Waals surface area contributed by atoms with Gasteiger partial charge in [-0.15, -0.1) is 11.3 Å². The number of nitrogens with two attached hydrogens (primary N) is 1. The van der Waals surface area contributed by atoms with E-state index in [0.717, 1.165) is 27.5 Å². The van der Waals surface area contributed by atoms with Crippen molar-refractivity contribution in [3.05, 3.63) is 64.1 Å². The van der Waals surface area contributed by atoms with Crippen molar-refractivity contribution in [2.75, 3.05) is 0 Å². The molecule has 0 spiro atoms. The van der Waals surface area contributed by atoms with E-state index in [9.17, 15) is 0 Å². The van der Waals surface area contributed by atoms with Gasteiger partial charge in [-0.25, -0.2) is 4.98 Å². The third-order valence-electron chi connectivity index (χ3n) is 3.03. The van der Waals surface area contributed by atoms with E-state index in [1.807, 2.05) is 42.5 Å². The molecule has 0 fully saturated rings. The molecule has 0 aliphatic heterocycles. The van der Waals surface area contributed by atoms with Gasteiger partial charge in [0.15, 0.2) is 0 Å². The number of halogens is 1. The molecule has 0 amide bonds. The van der Waals surface area contributed by atoms with Crippen molar-refractivity contribution in [3.63, 3.8) is 0 Å². The smallest absolute Gasteiger partial charge is 0.0957 e. The molecule has 3 rings (SSSR count). The average molecular weight is 289 g/mol. The second-order valence-corrected chi connectivity index (χ2v) is 5.99. The van der Waals surface area contributed by atoms with Crippen LogP contribution in [0.1, 0.15) is 16.6 Å². The molecule has 1 unspecified atom stereocenters. The Kier molecular flexibility index (Phi) is 3.51. The quantitative estimate of drug-likeness (QED) is 0.785. The monoisotopic (exact) mass is 288 g/mol. The highest BCUT2D eigenvalue weighted by molar-refractivity contribution is 7.18. The Morgan fingerprint density at radius 3 is 2.58 bits per heavy atom. The van der Waals surface area contributed by atoms with E-state index in [-0.39, 0.29) is 6.04 Å². The van der Waals surface area contributed by atoms with Gasteiger partial charge in [-0.3, -0.25) is 0 Å². The summed E-state index contributed by atoms with van der Waals surface area (Å²) in [5.74, 6) is 0. The number of thiazole rings is 1. The van der Waals surface area contributed by atoms with Crippen molar-refractivity contribution in [2.45, 2.75) is 12.5 Å². The fourth-order valence-corrected chi connectivity index (χ4v) is 3.17. The summed E-state index contributed by atoms with van der Waals surface area (Å²) in [4.78, 5) is 4.61. The second kappa shape index (κ2) is 5.29. The summed E-state index contributed by atoms with van der Waals surface area (Å²) in [6, 6.07) is 15.8. The van der Waals surface area contributed by atoms with Crippen LogP contribution in [-0.2, 0) is 6.42 Å². The molecule has 96 valence electrons. The third kappa shape index (κ3) is 2.78. The van der Waals surface area contributed by atoms with Crippen LogP contribution in [0.25, 0.3) is 10.2 Å². The lowest BCUT2D eigenvalue weighted by molar-refractivity contribution is 0.719. The fourth-order valence-electron chi connectivity index (χ4n) is 2.02. The van der Waals surface area contributed by atoms with Gasteiger partial charge in [-0.1, -0.05) is 35.9 Å². The predicted octanol–water partition coefficient (Wildman–Crippen LogP) is 4.19. The van der Waals surface area contributed by atoms with Crippen molar-refractivity contribution >= 4 is 33.2 Å². The summed E-state index contributed by atoms with van der Waals surface area (Å²) in [5, 5.41) is 1.81. The molecule has 0 saturated heterocycles. The number of nitrogens with zero attached hydrogens (tertiary/aromatic N) is 1. The minimum atomic E-state index is -0.0437. The van der Waals surface area contributed by atoms with Gasteiger partial charge in [0.2, 0.25) is 0 Å². The van der Waals surface area contributed by atoms with Crippen molar-refractivity contribution in [2.24, 2.45) is 5.73 Å². The zero-order valence-electron chi connectivity index (χ0n) is 10.2. The lowest BCUT2D eigenvalue weighted by Gasteiger charge is -2.09. The first-order valence-corrected chi connectivity index (χ1v) is 7.27. The number of benzene rings is 2. The normalized spacial score (nSPS) is 12.7. The summed E-state index contributed by atoms with van der Waals surface area (Å²) in [6.45, 7) is 0. The van der Waals surface area contributed by atoms with Crippen LogP contribution in [0, 0.1) is 0 Å². The number of rotatable bonds is 3. The van der Waals surface area contributed by atoms with Gasteiger partial charge in [-0.05, 0) is 29.8 Å². The number of hydrogen-bond acceptors (Lipinski definition) is 3. The van der Waals surface area contributed by atoms with Gasteiger partial charge in [0.25, 0.3) is 0 Å². The maximum Gasteiger partial charge on any atom is 0.0957 e. The summed E-state index contributed by atoms with van der Waals surface area (Å²) < 4.78 is 1.21. The maximum atomic E-state index is 6.22. The van der Waals surface area contributed by atoms with E-state index >= 15 is 0 Å². The first-order valence-electron chi connectivity index (χ1n) is 6.08. The second-order valence-electron chi connectivity index (χ2n) is 4.44. The molecule has 4 heteroatoms. The van der Waals surface area contributed by atoms with E-state index in [0.29, 0.717) is 0 Å². The van der Waals surface area contributed by atoms with Crippen molar-refractivity contribution in [1.29, 1.82) is 0 Å². The first kappa shape index (κ1) is 12.6. The van der Waals surface area contributed by atoms with E-state index in [1.165, 1.54) is 4.70 Å². The van der Waals surface area contributed by atoms with Gasteiger partial charge >= 0.3 is 0 Å². The number of aromatic nitrogens is 1. The van der Waals surface area contributed by atoms with Gasteiger partial charge in [-0.2, -0.15) is 0 Å². The molecule has 19 heavy (non-hydrogen) atoms. The van der Waals surface area contributed by atoms with Gasteiger partial charge in [0.1, 0.15) is 0 Å². The minimum Gasteiger partial charge on any atom is -0.324 e. The van der Waals surface area contributed by atoms with E-state index in [1.54, 1.807) is 11.3 Å². The Hall–Kier alpha value is -1.42. The molecule has 2 N–H and O–H groups in total. The number of hydrogen-bond donors (Lipinski definition) is 1. The van der Waals surface area contributed by atoms with Crippen LogP contribution in [0.2, 0.25) is 5.02 Å². The molecule has 0 radical (unpaired) electrons. The van der Waals surface area contributed by atoms with Gasteiger partial charge in [0, 0.05) is 17.5 Å². The van der Waals surface area contributed by atoms with Crippen molar-refractivity contribution in [3.8, 4) is 0 Å². The Balaban J connectivity index is 1.82. The van der Waals surface area contributed by atoms with Crippen LogP contribution in [0.4, 0.5) is 0 Å². The molecule has 0 aliphatic rings. The molecule has 1 atom stereocenters. The molecule has 0 saturated carbocycles. The molecule has 2 nitrogen and oxygen atoms in total. The highest BCUT2D eigenvalue weighted by Crippen LogP contribution is 2.25. The summed E-state index contributed by atoms with van der Waals surface area (Å²) >= 11 is 7.59. The van der Waals surface area contributed by atoms with Crippen LogP contribution in [0.15, 0.2) is 48.5 Å². The molecule has 1 heterocycles. The van der Waals surface area contributed by atoms with Crippen LogP contribution in [0.5, 0.6) is 0 Å². The number of para-hydroxylation sites is 1.